The van der Waals surface area contributed by atoms with Crippen molar-refractivity contribution in [1.82, 2.24) is 9.55 Å². The highest BCUT2D eigenvalue weighted by atomic mass is 32.1. The van der Waals surface area contributed by atoms with Crippen molar-refractivity contribution in [2.45, 2.75) is 13.5 Å². The van der Waals surface area contributed by atoms with Gasteiger partial charge in [0, 0.05) is 10.9 Å². The summed E-state index contributed by atoms with van der Waals surface area (Å²) in [5.41, 5.74) is 4.34. The Morgan fingerprint density at radius 2 is 1.79 bits per heavy atom. The van der Waals surface area contributed by atoms with Gasteiger partial charge >= 0.3 is 0 Å². The van der Waals surface area contributed by atoms with Gasteiger partial charge in [0.25, 0.3) is 5.56 Å². The molecule has 0 fully saturated rings. The molecule has 0 atom stereocenters. The Balaban J connectivity index is 1.84. The fourth-order valence-electron chi connectivity index (χ4n) is 2.81. The van der Waals surface area contributed by atoms with Crippen LogP contribution < -0.4 is 5.56 Å². The van der Waals surface area contributed by atoms with Crippen LogP contribution in [0.4, 0.5) is 0 Å². The third-order valence-corrected chi connectivity index (χ3v) is 5.01. The molecule has 0 aliphatic rings. The van der Waals surface area contributed by atoms with E-state index in [1.54, 1.807) is 10.9 Å². The minimum absolute atomic E-state index is 0.0145. The molecule has 2 heterocycles. The van der Waals surface area contributed by atoms with Crippen LogP contribution in [0, 0.1) is 6.92 Å². The first kappa shape index (κ1) is 14.8. The lowest BCUT2D eigenvalue weighted by Crippen LogP contribution is -2.20. The van der Waals surface area contributed by atoms with Gasteiger partial charge in [-0.3, -0.25) is 9.36 Å². The average Bonchev–Trinajstić information content (AvgIpc) is 3.04. The van der Waals surface area contributed by atoms with Crippen LogP contribution in [0.25, 0.3) is 21.3 Å². The highest BCUT2D eigenvalue weighted by Gasteiger charge is 2.13. The van der Waals surface area contributed by atoms with Crippen molar-refractivity contribution in [2.24, 2.45) is 0 Å². The molecule has 0 amide bonds. The molecule has 0 N–H and O–H groups in total. The van der Waals surface area contributed by atoms with E-state index in [2.05, 4.69) is 36.2 Å². The second kappa shape index (κ2) is 6.06. The summed E-state index contributed by atoms with van der Waals surface area (Å²) in [5, 5.41) is 2.73. The van der Waals surface area contributed by atoms with Gasteiger partial charge < -0.3 is 0 Å². The lowest BCUT2D eigenvalue weighted by atomic mass is 10.1. The molecule has 24 heavy (non-hydrogen) atoms. The second-order valence-corrected chi connectivity index (χ2v) is 6.72. The number of nitrogens with zero attached hydrogens (tertiary/aromatic N) is 2. The van der Waals surface area contributed by atoms with E-state index in [0.717, 1.165) is 21.5 Å². The molecule has 4 aromatic rings. The Hall–Kier alpha value is -2.72. The summed E-state index contributed by atoms with van der Waals surface area (Å²) in [4.78, 5) is 18.3. The molecule has 0 aliphatic carbocycles. The maximum Gasteiger partial charge on any atom is 0.263 e. The van der Waals surface area contributed by atoms with E-state index in [9.17, 15) is 4.79 Å². The van der Waals surface area contributed by atoms with E-state index < -0.39 is 0 Å². The van der Waals surface area contributed by atoms with E-state index in [-0.39, 0.29) is 5.56 Å². The van der Waals surface area contributed by atoms with Gasteiger partial charge in [0.15, 0.2) is 0 Å². The summed E-state index contributed by atoms with van der Waals surface area (Å²) >= 11 is 1.52. The van der Waals surface area contributed by atoms with Gasteiger partial charge in [0.05, 0.1) is 18.3 Å². The van der Waals surface area contributed by atoms with Gasteiger partial charge in [-0.05, 0) is 18.1 Å². The van der Waals surface area contributed by atoms with Crippen LogP contribution in [-0.2, 0) is 6.54 Å². The number of benzene rings is 2. The lowest BCUT2D eigenvalue weighted by Gasteiger charge is -2.06. The lowest BCUT2D eigenvalue weighted by molar-refractivity contribution is 0.749. The molecule has 4 heteroatoms. The maximum atomic E-state index is 13.0. The summed E-state index contributed by atoms with van der Waals surface area (Å²) < 4.78 is 1.68. The van der Waals surface area contributed by atoms with E-state index in [1.807, 2.05) is 35.7 Å². The monoisotopic (exact) mass is 332 g/mol. The molecule has 118 valence electrons. The predicted octanol–water partition coefficient (Wildman–Crippen LogP) is 4.48. The van der Waals surface area contributed by atoms with Crippen LogP contribution in [0.5, 0.6) is 0 Å². The first-order valence-corrected chi connectivity index (χ1v) is 8.68. The molecule has 3 nitrogen and oxygen atoms in total. The third-order valence-electron chi connectivity index (χ3n) is 4.12. The molecule has 4 rings (SSSR count). The number of hydrogen-bond donors (Lipinski definition) is 0. The number of hydrogen-bond acceptors (Lipinski definition) is 3. The summed E-state index contributed by atoms with van der Waals surface area (Å²) in [6, 6.07) is 18.2. The van der Waals surface area contributed by atoms with Crippen LogP contribution in [-0.4, -0.2) is 9.55 Å². The summed E-state index contributed by atoms with van der Waals surface area (Å²) in [5.74, 6) is 0. The number of aromatic nitrogens is 2. The Morgan fingerprint density at radius 3 is 2.54 bits per heavy atom. The summed E-state index contributed by atoms with van der Waals surface area (Å²) in [6.45, 7) is 2.59. The van der Waals surface area contributed by atoms with Crippen molar-refractivity contribution < 1.29 is 0 Å². The van der Waals surface area contributed by atoms with Crippen LogP contribution in [0.1, 0.15) is 11.1 Å². The molecule has 0 aliphatic heterocycles. The van der Waals surface area contributed by atoms with Crippen molar-refractivity contribution in [3.63, 3.8) is 0 Å². The van der Waals surface area contributed by atoms with Crippen LogP contribution in [0.3, 0.4) is 0 Å². The first-order valence-electron chi connectivity index (χ1n) is 7.80. The molecule has 0 bridgehead atoms. The van der Waals surface area contributed by atoms with Gasteiger partial charge in [-0.1, -0.05) is 60.2 Å². The molecule has 0 saturated heterocycles. The van der Waals surface area contributed by atoms with Crippen molar-refractivity contribution in [3.8, 4) is 11.1 Å². The van der Waals surface area contributed by atoms with Gasteiger partial charge in [-0.25, -0.2) is 4.98 Å². The fraction of sp³-hybridized carbons (Fsp3) is 0.100. The topological polar surface area (TPSA) is 34.9 Å². The first-order chi connectivity index (χ1) is 11.7. The number of aryl methyl sites for hydroxylation is 1. The predicted molar refractivity (Wildman–Crippen MR) is 99.6 cm³/mol. The highest BCUT2D eigenvalue weighted by molar-refractivity contribution is 7.17. The number of thiophene rings is 1. The van der Waals surface area contributed by atoms with Gasteiger partial charge in [0.1, 0.15) is 4.83 Å². The molecule has 0 saturated carbocycles. The molecule has 2 aromatic carbocycles. The molecule has 0 unspecified atom stereocenters. The summed E-state index contributed by atoms with van der Waals surface area (Å²) in [7, 11) is 0. The Labute approximate surface area is 143 Å². The van der Waals surface area contributed by atoms with Gasteiger partial charge in [0.2, 0.25) is 0 Å². The molecule has 0 radical (unpaired) electrons. The zero-order valence-corrected chi connectivity index (χ0v) is 14.1. The Morgan fingerprint density at radius 1 is 1.04 bits per heavy atom. The van der Waals surface area contributed by atoms with Crippen molar-refractivity contribution in [1.29, 1.82) is 0 Å². The second-order valence-electron chi connectivity index (χ2n) is 5.86. The van der Waals surface area contributed by atoms with E-state index in [4.69, 9.17) is 0 Å². The smallest absolute Gasteiger partial charge is 0.263 e. The molecular formula is C20H16N2OS. The van der Waals surface area contributed by atoms with Crippen LogP contribution >= 0.6 is 11.3 Å². The largest absolute Gasteiger partial charge is 0.294 e. The van der Waals surface area contributed by atoms with Crippen LogP contribution in [0.15, 0.2) is 71.1 Å². The molecule has 2 aromatic heterocycles. The van der Waals surface area contributed by atoms with Crippen molar-refractivity contribution in [2.75, 3.05) is 0 Å². The van der Waals surface area contributed by atoms with Crippen molar-refractivity contribution in [3.05, 3.63) is 87.8 Å². The zero-order valence-electron chi connectivity index (χ0n) is 13.3. The maximum absolute atomic E-state index is 13.0. The quantitative estimate of drug-likeness (QED) is 0.554. The fourth-order valence-corrected chi connectivity index (χ4v) is 3.71. The SMILES string of the molecule is Cc1ccc(-c2csc3ncn(Cc4ccccc4)c(=O)c23)cc1. The van der Waals surface area contributed by atoms with E-state index in [1.165, 1.54) is 16.9 Å². The minimum Gasteiger partial charge on any atom is -0.294 e. The number of fused-ring (bicyclic) bond motifs is 1. The zero-order chi connectivity index (χ0) is 16.5. The molecule has 0 spiro atoms. The van der Waals surface area contributed by atoms with Crippen molar-refractivity contribution >= 4 is 21.6 Å². The number of rotatable bonds is 3. The van der Waals surface area contributed by atoms with Gasteiger partial charge in [-0.2, -0.15) is 0 Å². The Bertz CT molecular complexity index is 1050. The normalized spacial score (nSPS) is 11.0. The minimum atomic E-state index is 0.0145. The molecular weight excluding hydrogens is 316 g/mol. The van der Waals surface area contributed by atoms with Gasteiger partial charge in [-0.15, -0.1) is 11.3 Å². The highest BCUT2D eigenvalue weighted by Crippen LogP contribution is 2.30. The third kappa shape index (κ3) is 2.65. The standard InChI is InChI=1S/C20H16N2OS/c1-14-7-9-16(10-8-14)17-12-24-19-18(17)20(23)22(13-21-19)11-15-5-3-2-4-6-15/h2-10,12-13H,11H2,1H3. The Kier molecular flexibility index (Phi) is 3.75. The average molecular weight is 332 g/mol. The van der Waals surface area contributed by atoms with E-state index >= 15 is 0 Å². The summed E-state index contributed by atoms with van der Waals surface area (Å²) in [6.07, 6.45) is 1.65. The van der Waals surface area contributed by atoms with Crippen LogP contribution in [0.2, 0.25) is 0 Å². The van der Waals surface area contributed by atoms with E-state index in [0.29, 0.717) is 11.9 Å².